The van der Waals surface area contributed by atoms with Crippen molar-refractivity contribution in [1.29, 1.82) is 0 Å². The van der Waals surface area contributed by atoms with E-state index in [4.69, 9.17) is 11.6 Å². The molecule has 1 saturated heterocycles. The van der Waals surface area contributed by atoms with E-state index in [1.54, 1.807) is 12.1 Å². The molecule has 1 fully saturated rings. The Bertz CT molecular complexity index is 728. The van der Waals surface area contributed by atoms with Gasteiger partial charge in [-0.1, -0.05) is 35.9 Å². The van der Waals surface area contributed by atoms with Gasteiger partial charge in [0.05, 0.1) is 0 Å². The van der Waals surface area contributed by atoms with E-state index in [2.05, 4.69) is 22.3 Å². The van der Waals surface area contributed by atoms with Crippen LogP contribution >= 0.6 is 11.6 Å². The van der Waals surface area contributed by atoms with E-state index < -0.39 is 0 Å². The largest absolute Gasteiger partial charge is 0.338 e. The molecule has 1 aliphatic rings. The molecule has 27 heavy (non-hydrogen) atoms. The minimum absolute atomic E-state index is 0.0190. The molecule has 1 heterocycles. The maximum absolute atomic E-state index is 12.9. The fourth-order valence-electron chi connectivity index (χ4n) is 3.19. The Morgan fingerprint density at radius 2 is 1.52 bits per heavy atom. The number of nitrogens with zero attached hydrogens (tertiary/aromatic N) is 2. The molecule has 0 bridgehead atoms. The van der Waals surface area contributed by atoms with Crippen LogP contribution in [0, 0.1) is 5.82 Å². The van der Waals surface area contributed by atoms with Gasteiger partial charge in [-0.05, 0) is 48.2 Å². The van der Waals surface area contributed by atoms with Gasteiger partial charge in [-0.15, -0.1) is 0 Å². The molecule has 2 aromatic rings. The van der Waals surface area contributed by atoms with Crippen molar-refractivity contribution in [2.45, 2.75) is 12.8 Å². The maximum atomic E-state index is 12.9. The minimum Gasteiger partial charge on any atom is -0.338 e. The van der Waals surface area contributed by atoms with E-state index in [1.807, 2.05) is 17.0 Å². The monoisotopic (exact) mass is 389 g/mol. The average Bonchev–Trinajstić information content (AvgIpc) is 2.69. The summed E-state index contributed by atoms with van der Waals surface area (Å²) in [5.41, 5.74) is 2.30. The zero-order valence-corrected chi connectivity index (χ0v) is 16.1. The van der Waals surface area contributed by atoms with E-state index in [9.17, 15) is 9.18 Å². The number of urea groups is 1. The third kappa shape index (κ3) is 6.22. The molecule has 0 radical (unpaired) electrons. The highest BCUT2D eigenvalue weighted by Gasteiger charge is 2.20. The number of hydrogen-bond acceptors (Lipinski definition) is 2. The molecule has 144 valence electrons. The summed E-state index contributed by atoms with van der Waals surface area (Å²) in [6.45, 7) is 4.80. The molecule has 6 heteroatoms. The van der Waals surface area contributed by atoms with Gasteiger partial charge in [-0.2, -0.15) is 0 Å². The number of halogens is 2. The van der Waals surface area contributed by atoms with Gasteiger partial charge in [-0.3, -0.25) is 4.90 Å². The number of benzene rings is 2. The standard InChI is InChI=1S/C21H25ClFN3O/c22-19-5-1-18(2-6-19)10-12-25-13-15-26(16-14-25)21(27)24-11-9-17-3-7-20(23)8-4-17/h1-8H,9-16H2,(H,24,27). The number of rotatable bonds is 6. The molecule has 0 aliphatic carbocycles. The van der Waals surface area contributed by atoms with Crippen molar-refractivity contribution >= 4 is 17.6 Å². The predicted molar refractivity (Wildman–Crippen MR) is 107 cm³/mol. The summed E-state index contributed by atoms with van der Waals surface area (Å²) < 4.78 is 12.9. The topological polar surface area (TPSA) is 35.6 Å². The van der Waals surface area contributed by atoms with E-state index >= 15 is 0 Å². The lowest BCUT2D eigenvalue weighted by molar-refractivity contribution is 0.140. The molecule has 1 N–H and O–H groups in total. The number of hydrogen-bond donors (Lipinski definition) is 1. The van der Waals surface area contributed by atoms with Crippen molar-refractivity contribution in [2.24, 2.45) is 0 Å². The molecule has 0 aromatic heterocycles. The van der Waals surface area contributed by atoms with Crippen LogP contribution in [0.4, 0.5) is 9.18 Å². The Kier molecular flexibility index (Phi) is 7.07. The molecule has 1 aliphatic heterocycles. The molecule has 0 unspecified atom stereocenters. The van der Waals surface area contributed by atoms with E-state index in [-0.39, 0.29) is 11.8 Å². The first-order valence-corrected chi connectivity index (χ1v) is 9.72. The quantitative estimate of drug-likeness (QED) is 0.819. The van der Waals surface area contributed by atoms with Crippen molar-refractivity contribution in [2.75, 3.05) is 39.3 Å². The van der Waals surface area contributed by atoms with Crippen LogP contribution in [-0.2, 0) is 12.8 Å². The Morgan fingerprint density at radius 3 is 2.19 bits per heavy atom. The minimum atomic E-state index is -0.239. The maximum Gasteiger partial charge on any atom is 0.317 e. The summed E-state index contributed by atoms with van der Waals surface area (Å²) in [6.07, 6.45) is 1.69. The first kappa shape index (κ1) is 19.6. The molecule has 0 atom stereocenters. The number of carbonyl (C=O) groups is 1. The fraction of sp³-hybridized carbons (Fsp3) is 0.381. The van der Waals surface area contributed by atoms with Crippen molar-refractivity contribution in [3.63, 3.8) is 0 Å². The van der Waals surface area contributed by atoms with E-state index in [0.717, 1.165) is 49.7 Å². The van der Waals surface area contributed by atoms with Crippen LogP contribution < -0.4 is 5.32 Å². The highest BCUT2D eigenvalue weighted by molar-refractivity contribution is 6.30. The normalized spacial score (nSPS) is 15.0. The predicted octanol–water partition coefficient (Wildman–Crippen LogP) is 3.59. The van der Waals surface area contributed by atoms with Crippen molar-refractivity contribution < 1.29 is 9.18 Å². The van der Waals surface area contributed by atoms with Crippen LogP contribution in [0.5, 0.6) is 0 Å². The van der Waals surface area contributed by atoms with Gasteiger partial charge in [0.15, 0.2) is 0 Å². The van der Waals surface area contributed by atoms with Crippen molar-refractivity contribution in [3.05, 3.63) is 70.5 Å². The van der Waals surface area contributed by atoms with Crippen LogP contribution in [0.3, 0.4) is 0 Å². The fourth-order valence-corrected chi connectivity index (χ4v) is 3.32. The summed E-state index contributed by atoms with van der Waals surface area (Å²) in [5, 5.41) is 3.72. The van der Waals surface area contributed by atoms with Gasteiger partial charge >= 0.3 is 6.03 Å². The number of amides is 2. The number of piperazine rings is 1. The lowest BCUT2D eigenvalue weighted by Crippen LogP contribution is -2.52. The van der Waals surface area contributed by atoms with Gasteiger partial charge in [0, 0.05) is 44.3 Å². The summed E-state index contributed by atoms with van der Waals surface area (Å²) in [4.78, 5) is 16.5. The van der Waals surface area contributed by atoms with Crippen LogP contribution in [0.1, 0.15) is 11.1 Å². The molecular formula is C21H25ClFN3O. The average molecular weight is 390 g/mol. The summed E-state index contributed by atoms with van der Waals surface area (Å²) in [7, 11) is 0. The number of nitrogens with one attached hydrogen (secondary N) is 1. The van der Waals surface area contributed by atoms with Gasteiger partial charge in [0.1, 0.15) is 5.82 Å². The second-order valence-corrected chi connectivity index (χ2v) is 7.25. The van der Waals surface area contributed by atoms with Gasteiger partial charge in [0.25, 0.3) is 0 Å². The van der Waals surface area contributed by atoms with Crippen LogP contribution in [0.25, 0.3) is 0 Å². The number of carbonyl (C=O) groups excluding carboxylic acids is 1. The third-order valence-electron chi connectivity index (χ3n) is 4.89. The smallest absolute Gasteiger partial charge is 0.317 e. The van der Waals surface area contributed by atoms with Crippen LogP contribution in [-0.4, -0.2) is 55.1 Å². The van der Waals surface area contributed by atoms with Gasteiger partial charge < -0.3 is 10.2 Å². The van der Waals surface area contributed by atoms with E-state index in [1.165, 1.54) is 17.7 Å². The van der Waals surface area contributed by atoms with Gasteiger partial charge in [-0.25, -0.2) is 9.18 Å². The SMILES string of the molecule is O=C(NCCc1ccc(F)cc1)N1CCN(CCc2ccc(Cl)cc2)CC1. The molecule has 2 amide bonds. The van der Waals surface area contributed by atoms with Crippen molar-refractivity contribution in [3.8, 4) is 0 Å². The van der Waals surface area contributed by atoms with E-state index in [0.29, 0.717) is 13.0 Å². The molecule has 0 saturated carbocycles. The second kappa shape index (κ2) is 9.72. The summed E-state index contributed by atoms with van der Waals surface area (Å²) in [5.74, 6) is -0.239. The first-order chi connectivity index (χ1) is 13.1. The second-order valence-electron chi connectivity index (χ2n) is 6.81. The first-order valence-electron chi connectivity index (χ1n) is 9.34. The molecular weight excluding hydrogens is 365 g/mol. The van der Waals surface area contributed by atoms with Crippen LogP contribution in [0.15, 0.2) is 48.5 Å². The summed E-state index contributed by atoms with van der Waals surface area (Å²) >= 11 is 5.91. The van der Waals surface area contributed by atoms with Crippen LogP contribution in [0.2, 0.25) is 5.02 Å². The Balaban J connectivity index is 1.33. The zero-order chi connectivity index (χ0) is 19.1. The molecule has 3 rings (SSSR count). The Hall–Kier alpha value is -2.11. The zero-order valence-electron chi connectivity index (χ0n) is 15.3. The third-order valence-corrected chi connectivity index (χ3v) is 5.14. The molecule has 4 nitrogen and oxygen atoms in total. The highest BCUT2D eigenvalue weighted by atomic mass is 35.5. The summed E-state index contributed by atoms with van der Waals surface area (Å²) in [6, 6.07) is 14.3. The van der Waals surface area contributed by atoms with Crippen molar-refractivity contribution in [1.82, 2.24) is 15.1 Å². The lowest BCUT2D eigenvalue weighted by atomic mass is 10.1. The highest BCUT2D eigenvalue weighted by Crippen LogP contribution is 2.11. The Labute approximate surface area is 164 Å². The molecule has 0 spiro atoms. The molecule has 2 aromatic carbocycles. The Morgan fingerprint density at radius 1 is 0.926 bits per heavy atom. The van der Waals surface area contributed by atoms with Gasteiger partial charge in [0.2, 0.25) is 0 Å². The lowest BCUT2D eigenvalue weighted by Gasteiger charge is -2.34.